The predicted octanol–water partition coefficient (Wildman–Crippen LogP) is 6.12. The molecule has 38 heavy (non-hydrogen) atoms. The van der Waals surface area contributed by atoms with Crippen LogP contribution >= 0.6 is 0 Å². The third kappa shape index (κ3) is 8.65. The molecule has 2 N–H and O–H groups in total. The molecule has 0 aliphatic carbocycles. The summed E-state index contributed by atoms with van der Waals surface area (Å²) in [5, 5.41) is 14.8. The van der Waals surface area contributed by atoms with Gasteiger partial charge in [-0.15, -0.1) is 0 Å². The van der Waals surface area contributed by atoms with Crippen molar-refractivity contribution in [2.75, 3.05) is 0 Å². The second-order valence-electron chi connectivity index (χ2n) is 10.5. The van der Waals surface area contributed by atoms with Crippen LogP contribution in [-0.2, 0) is 22.6 Å². The molecular weight excluding hydrogens is 488 g/mol. The molecule has 1 aromatic heterocycles. The van der Waals surface area contributed by atoms with Crippen molar-refractivity contribution >= 4 is 18.1 Å². The van der Waals surface area contributed by atoms with Gasteiger partial charge in [0.05, 0.1) is 6.54 Å². The fraction of sp³-hybridized carbons (Fsp3) is 0.357. The maximum atomic E-state index is 12.9. The Labute approximate surface area is 222 Å². The lowest BCUT2D eigenvalue weighted by atomic mass is 10.1. The summed E-state index contributed by atoms with van der Waals surface area (Å²) in [5.41, 5.74) is 0.593. The number of alkyl carbamates (subject to hydrolysis) is 1. The summed E-state index contributed by atoms with van der Waals surface area (Å²) in [6, 6.07) is 18.8. The van der Waals surface area contributed by atoms with Crippen LogP contribution in [0, 0.1) is 5.41 Å². The summed E-state index contributed by atoms with van der Waals surface area (Å²) >= 11 is 0. The highest BCUT2D eigenvalue weighted by Gasteiger charge is 2.29. The van der Waals surface area contributed by atoms with Crippen LogP contribution in [0.15, 0.2) is 65.2 Å². The summed E-state index contributed by atoms with van der Waals surface area (Å²) in [6.45, 7) is 10.3. The first kappa shape index (κ1) is 28.2. The van der Waals surface area contributed by atoms with Crippen LogP contribution in [0.4, 0.5) is 9.59 Å². The Morgan fingerprint density at radius 1 is 0.947 bits per heavy atom. The van der Waals surface area contributed by atoms with E-state index in [1.807, 2.05) is 54.6 Å². The number of benzene rings is 2. The Kier molecular flexibility index (Phi) is 8.77. The highest BCUT2D eigenvalue weighted by atomic mass is 16.6. The molecule has 0 atom stereocenters. The van der Waals surface area contributed by atoms with Gasteiger partial charge in [0.25, 0.3) is 0 Å². The van der Waals surface area contributed by atoms with Crippen molar-refractivity contribution in [3.63, 3.8) is 0 Å². The summed E-state index contributed by atoms with van der Waals surface area (Å²) in [5.74, 6) is 0.344. The van der Waals surface area contributed by atoms with Crippen LogP contribution in [-0.4, -0.2) is 39.4 Å². The standard InChI is InChI=1S/C28H34N4O6/c1-27(2,3)36-25(33)30-24(29)32(26(34)37-28(4,5)6)17-20-16-22(31-38-20)21-14-10-11-15-23(21)35-18-19-12-8-7-9-13-19/h7-16H,17-18H2,1-6H3,(H2,29,30,33). The van der Waals surface area contributed by atoms with Crippen LogP contribution in [0.1, 0.15) is 52.9 Å². The Morgan fingerprint density at radius 3 is 2.24 bits per heavy atom. The first-order chi connectivity index (χ1) is 17.8. The number of nitrogens with zero attached hydrogens (tertiary/aromatic N) is 2. The first-order valence-corrected chi connectivity index (χ1v) is 12.1. The molecule has 0 saturated heterocycles. The average molecular weight is 523 g/mol. The van der Waals surface area contributed by atoms with E-state index in [1.165, 1.54) is 0 Å². The molecule has 0 saturated carbocycles. The minimum Gasteiger partial charge on any atom is -0.488 e. The molecule has 1 heterocycles. The lowest BCUT2D eigenvalue weighted by Crippen LogP contribution is -2.48. The number of rotatable bonds is 6. The molecule has 0 aliphatic heterocycles. The lowest BCUT2D eigenvalue weighted by Gasteiger charge is -2.27. The minimum atomic E-state index is -0.876. The summed E-state index contributed by atoms with van der Waals surface area (Å²) < 4.78 is 22.1. The highest BCUT2D eigenvalue weighted by Crippen LogP contribution is 2.30. The van der Waals surface area contributed by atoms with Crippen LogP contribution in [0.3, 0.4) is 0 Å². The zero-order valence-electron chi connectivity index (χ0n) is 22.5. The molecular formula is C28H34N4O6. The van der Waals surface area contributed by atoms with Crippen molar-refractivity contribution in [2.24, 2.45) is 0 Å². The van der Waals surface area contributed by atoms with Gasteiger partial charge in [0.2, 0.25) is 5.96 Å². The quantitative estimate of drug-likeness (QED) is 0.295. The van der Waals surface area contributed by atoms with E-state index >= 15 is 0 Å². The minimum absolute atomic E-state index is 0.219. The van der Waals surface area contributed by atoms with Crippen LogP contribution < -0.4 is 10.1 Å². The van der Waals surface area contributed by atoms with Crippen molar-refractivity contribution in [1.29, 1.82) is 5.41 Å². The fourth-order valence-electron chi connectivity index (χ4n) is 3.23. The van der Waals surface area contributed by atoms with Gasteiger partial charge in [-0.2, -0.15) is 0 Å². The third-order valence-electron chi connectivity index (χ3n) is 4.78. The summed E-state index contributed by atoms with van der Waals surface area (Å²) in [6.07, 6.45) is -1.72. The van der Waals surface area contributed by atoms with Crippen molar-refractivity contribution in [2.45, 2.75) is 65.9 Å². The third-order valence-corrected chi connectivity index (χ3v) is 4.78. The van der Waals surface area contributed by atoms with Crippen molar-refractivity contribution in [3.05, 3.63) is 72.0 Å². The van der Waals surface area contributed by atoms with E-state index < -0.39 is 29.3 Å². The molecule has 10 heteroatoms. The molecule has 10 nitrogen and oxygen atoms in total. The second kappa shape index (κ2) is 11.8. The van der Waals surface area contributed by atoms with E-state index in [0.717, 1.165) is 10.5 Å². The van der Waals surface area contributed by atoms with Gasteiger partial charge in [0.15, 0.2) is 5.76 Å². The summed E-state index contributed by atoms with van der Waals surface area (Å²) in [7, 11) is 0. The van der Waals surface area contributed by atoms with Crippen molar-refractivity contribution in [1.82, 2.24) is 15.4 Å². The van der Waals surface area contributed by atoms with Gasteiger partial charge in [0, 0.05) is 11.6 Å². The maximum Gasteiger partial charge on any atom is 0.417 e. The van der Waals surface area contributed by atoms with E-state index in [9.17, 15) is 9.59 Å². The summed E-state index contributed by atoms with van der Waals surface area (Å²) in [4.78, 5) is 26.1. The average Bonchev–Trinajstić information content (AvgIpc) is 3.28. The zero-order chi connectivity index (χ0) is 27.9. The second-order valence-corrected chi connectivity index (χ2v) is 10.5. The number of hydrogen-bond donors (Lipinski definition) is 2. The van der Waals surface area contributed by atoms with Gasteiger partial charge in [-0.05, 0) is 59.2 Å². The SMILES string of the molecule is CC(C)(C)OC(=O)NC(=N)N(Cc1cc(-c2ccccc2OCc2ccccc2)no1)C(=O)OC(C)(C)C. The monoisotopic (exact) mass is 522 g/mol. The van der Waals surface area contributed by atoms with Gasteiger partial charge >= 0.3 is 12.2 Å². The van der Waals surface area contributed by atoms with Crippen LogP contribution in [0.25, 0.3) is 11.3 Å². The van der Waals surface area contributed by atoms with Gasteiger partial charge in [0.1, 0.15) is 29.3 Å². The zero-order valence-corrected chi connectivity index (χ0v) is 22.5. The van der Waals surface area contributed by atoms with E-state index in [1.54, 1.807) is 47.6 Å². The van der Waals surface area contributed by atoms with Crippen molar-refractivity contribution in [3.8, 4) is 17.0 Å². The largest absolute Gasteiger partial charge is 0.488 e. The van der Waals surface area contributed by atoms with Crippen LogP contribution in [0.2, 0.25) is 0 Å². The van der Waals surface area contributed by atoms with Gasteiger partial charge in [-0.25, -0.2) is 14.5 Å². The Hall–Kier alpha value is -4.34. The molecule has 0 fully saturated rings. The number of para-hydroxylation sites is 1. The number of carbonyl (C=O) groups is 2. The smallest absolute Gasteiger partial charge is 0.417 e. The Balaban J connectivity index is 1.79. The first-order valence-electron chi connectivity index (χ1n) is 12.1. The Bertz CT molecular complexity index is 1260. The normalized spacial score (nSPS) is 11.4. The number of aromatic nitrogens is 1. The van der Waals surface area contributed by atoms with Gasteiger partial charge < -0.3 is 18.7 Å². The molecule has 0 bridgehead atoms. The number of hydrogen-bond acceptors (Lipinski definition) is 8. The number of amides is 2. The molecule has 3 rings (SSSR count). The molecule has 0 unspecified atom stereocenters. The Morgan fingerprint density at radius 2 is 1.58 bits per heavy atom. The van der Waals surface area contributed by atoms with E-state index in [-0.39, 0.29) is 12.3 Å². The topological polar surface area (TPSA) is 127 Å². The molecule has 0 aliphatic rings. The molecule has 3 aromatic rings. The molecule has 2 aromatic carbocycles. The highest BCUT2D eigenvalue weighted by molar-refractivity contribution is 5.99. The van der Waals surface area contributed by atoms with Crippen molar-refractivity contribution < 1.29 is 28.3 Å². The lowest BCUT2D eigenvalue weighted by molar-refractivity contribution is 0.0335. The van der Waals surface area contributed by atoms with Crippen LogP contribution in [0.5, 0.6) is 5.75 Å². The van der Waals surface area contributed by atoms with Gasteiger partial charge in [-0.3, -0.25) is 10.7 Å². The van der Waals surface area contributed by atoms with E-state index in [0.29, 0.717) is 23.6 Å². The van der Waals surface area contributed by atoms with E-state index in [4.69, 9.17) is 24.1 Å². The maximum absolute atomic E-state index is 12.9. The van der Waals surface area contributed by atoms with E-state index in [2.05, 4.69) is 10.5 Å². The number of guanidine groups is 1. The molecule has 2 amide bonds. The molecule has 202 valence electrons. The fourth-order valence-corrected chi connectivity index (χ4v) is 3.23. The molecule has 0 radical (unpaired) electrons. The predicted molar refractivity (Wildman–Crippen MR) is 142 cm³/mol. The number of carbonyl (C=O) groups excluding carboxylic acids is 2. The van der Waals surface area contributed by atoms with Gasteiger partial charge in [-0.1, -0.05) is 47.6 Å². The number of nitrogens with one attached hydrogen (secondary N) is 2. The number of ether oxygens (including phenoxy) is 3. The molecule has 0 spiro atoms.